The highest BCUT2D eigenvalue weighted by molar-refractivity contribution is 7.99. The van der Waals surface area contributed by atoms with Crippen molar-refractivity contribution in [3.63, 3.8) is 0 Å². The summed E-state index contributed by atoms with van der Waals surface area (Å²) in [6, 6.07) is -2.17. The van der Waals surface area contributed by atoms with E-state index in [1.165, 1.54) is 35.6 Å². The number of methoxy groups -OCH3 is 2. The summed E-state index contributed by atoms with van der Waals surface area (Å²) in [4.78, 5) is 63.5. The van der Waals surface area contributed by atoms with Crippen LogP contribution in [0.25, 0.3) is 0 Å². The number of nitrogens with one attached hydrogen (secondary N) is 1. The maximum atomic E-state index is 13.6. The van der Waals surface area contributed by atoms with E-state index >= 15 is 0 Å². The predicted molar refractivity (Wildman–Crippen MR) is 174 cm³/mol. The van der Waals surface area contributed by atoms with Gasteiger partial charge in [-0.3, -0.25) is 19.2 Å². The van der Waals surface area contributed by atoms with Crippen LogP contribution in [0.15, 0.2) is 34.9 Å². The van der Waals surface area contributed by atoms with E-state index in [0.29, 0.717) is 10.7 Å². The zero-order valence-electron chi connectivity index (χ0n) is 27.9. The number of amides is 3. The molecule has 0 aliphatic carbocycles. The zero-order chi connectivity index (χ0) is 33.9. The quantitative estimate of drug-likeness (QED) is 0.0921. The molecule has 250 valence electrons. The lowest BCUT2D eigenvalue weighted by Crippen LogP contribution is -2.54. The van der Waals surface area contributed by atoms with Crippen LogP contribution in [0.1, 0.15) is 87.0 Å². The largest absolute Gasteiger partial charge is 0.468 e. The summed E-state index contributed by atoms with van der Waals surface area (Å²) in [5.41, 5.74) is 8.66. The summed E-state index contributed by atoms with van der Waals surface area (Å²) in [7, 11) is 2.33. The molecule has 0 aliphatic rings. The summed E-state index contributed by atoms with van der Waals surface area (Å²) >= 11 is 1.39. The van der Waals surface area contributed by atoms with Crippen molar-refractivity contribution in [2.45, 2.75) is 105 Å². The van der Waals surface area contributed by atoms with Gasteiger partial charge in [-0.2, -0.15) is 11.8 Å². The highest BCUT2D eigenvalue weighted by atomic mass is 32.2. The average Bonchev–Trinajstić information content (AvgIpc) is 2.93. The fraction of sp³-hybridized carbons (Fsp3) is 0.656. The Kier molecular flexibility index (Phi) is 20.0. The molecule has 12 heteroatoms. The zero-order valence-corrected chi connectivity index (χ0v) is 28.8. The molecule has 11 nitrogen and oxygen atoms in total. The van der Waals surface area contributed by atoms with Crippen LogP contribution in [0.2, 0.25) is 0 Å². The molecule has 2 unspecified atom stereocenters. The topological polar surface area (TPSA) is 154 Å². The van der Waals surface area contributed by atoms with Gasteiger partial charge in [0.2, 0.25) is 5.91 Å². The van der Waals surface area contributed by atoms with E-state index in [1.54, 1.807) is 20.8 Å². The summed E-state index contributed by atoms with van der Waals surface area (Å²) in [6.45, 7) is 12.6. The Hall–Kier alpha value is -3.12. The fourth-order valence-electron chi connectivity index (χ4n) is 3.65. The van der Waals surface area contributed by atoms with Gasteiger partial charge in [-0.1, -0.05) is 34.9 Å². The Morgan fingerprint density at radius 3 is 2.02 bits per heavy atom. The summed E-state index contributed by atoms with van der Waals surface area (Å²) in [5, 5.41) is 2.63. The molecule has 0 rings (SSSR count). The molecular weight excluding hydrogens is 586 g/mol. The molecule has 0 spiro atoms. The molecule has 0 bridgehead atoms. The first-order chi connectivity index (χ1) is 20.5. The number of thioether (sulfide) groups is 1. The number of nitrogens with zero attached hydrogens (tertiary/aromatic N) is 1. The Balaban J connectivity index is 5.56. The molecule has 2 atom stereocenters. The van der Waals surface area contributed by atoms with Gasteiger partial charge < -0.3 is 25.3 Å². The Morgan fingerprint density at radius 2 is 1.48 bits per heavy atom. The summed E-state index contributed by atoms with van der Waals surface area (Å²) in [5.74, 6) is -2.19. The van der Waals surface area contributed by atoms with Gasteiger partial charge >= 0.3 is 18.0 Å². The van der Waals surface area contributed by atoms with Gasteiger partial charge in [-0.25, -0.2) is 9.69 Å². The smallest absolute Gasteiger partial charge is 0.417 e. The maximum absolute atomic E-state index is 13.6. The van der Waals surface area contributed by atoms with Gasteiger partial charge in [-0.15, -0.1) is 0 Å². The second-order valence-corrected chi connectivity index (χ2v) is 12.8. The third kappa shape index (κ3) is 19.2. The van der Waals surface area contributed by atoms with Gasteiger partial charge in [-0.05, 0) is 80.6 Å². The van der Waals surface area contributed by atoms with Crippen LogP contribution in [0.3, 0.4) is 0 Å². The molecule has 0 heterocycles. The number of hydrogen-bond donors (Lipinski definition) is 2. The lowest BCUT2D eigenvalue weighted by atomic mass is 10.1. The van der Waals surface area contributed by atoms with Crippen LogP contribution in [0.5, 0.6) is 0 Å². The second kappa shape index (κ2) is 21.6. The standard InChI is InChI=1S/C32H53N3O8S/c1-22(2)12-10-13-23(3)14-11-15-24(4)18-19-44-21-26(34-27(36)17-16-25(33)30(39)42-9)29(38)35(20-28(37)41-8)31(40)43-32(5,6)7/h12,14,18,25-26H,10-11,13,15-17,19-21,33H2,1-9H3,(H,34,36). The van der Waals surface area contributed by atoms with Gasteiger partial charge in [0.05, 0.1) is 14.2 Å². The number of imide groups is 1. The van der Waals surface area contributed by atoms with Gasteiger partial charge in [0.15, 0.2) is 0 Å². The highest BCUT2D eigenvalue weighted by Gasteiger charge is 2.34. The van der Waals surface area contributed by atoms with Crippen molar-refractivity contribution >= 4 is 41.6 Å². The summed E-state index contributed by atoms with van der Waals surface area (Å²) in [6.07, 6.45) is 9.25. The number of allylic oxidation sites excluding steroid dienone is 5. The van der Waals surface area contributed by atoms with Crippen LogP contribution >= 0.6 is 11.8 Å². The molecule has 0 aromatic carbocycles. The minimum absolute atomic E-state index is 0.00466. The van der Waals surface area contributed by atoms with Crippen molar-refractivity contribution in [2.24, 2.45) is 5.73 Å². The first-order valence-electron chi connectivity index (χ1n) is 14.8. The second-order valence-electron chi connectivity index (χ2n) is 11.8. The Morgan fingerprint density at radius 1 is 0.886 bits per heavy atom. The normalized spacial score (nSPS) is 13.3. The van der Waals surface area contributed by atoms with Crippen LogP contribution in [-0.2, 0) is 33.4 Å². The minimum Gasteiger partial charge on any atom is -0.468 e. The molecule has 0 aliphatic heterocycles. The van der Waals surface area contributed by atoms with Crippen molar-refractivity contribution in [3.05, 3.63) is 34.9 Å². The van der Waals surface area contributed by atoms with Gasteiger partial charge in [0, 0.05) is 17.9 Å². The van der Waals surface area contributed by atoms with Crippen LogP contribution in [0, 0.1) is 0 Å². The van der Waals surface area contributed by atoms with Crippen LogP contribution in [0.4, 0.5) is 4.79 Å². The molecule has 0 saturated heterocycles. The van der Waals surface area contributed by atoms with Crippen molar-refractivity contribution in [3.8, 4) is 0 Å². The molecule has 0 aromatic rings. The van der Waals surface area contributed by atoms with E-state index in [2.05, 4.69) is 53.8 Å². The predicted octanol–water partition coefficient (Wildman–Crippen LogP) is 4.84. The number of esters is 2. The lowest BCUT2D eigenvalue weighted by Gasteiger charge is -2.28. The number of rotatable bonds is 18. The van der Waals surface area contributed by atoms with E-state index in [4.69, 9.17) is 10.5 Å². The molecule has 0 radical (unpaired) electrons. The number of carbonyl (C=O) groups is 5. The van der Waals surface area contributed by atoms with Crippen molar-refractivity contribution in [1.82, 2.24) is 10.2 Å². The van der Waals surface area contributed by atoms with E-state index in [0.717, 1.165) is 32.8 Å². The summed E-state index contributed by atoms with van der Waals surface area (Å²) < 4.78 is 14.6. The average molecular weight is 640 g/mol. The fourth-order valence-corrected chi connectivity index (χ4v) is 4.65. The molecule has 0 saturated carbocycles. The van der Waals surface area contributed by atoms with Crippen molar-refractivity contribution in [1.29, 1.82) is 0 Å². The lowest BCUT2D eigenvalue weighted by molar-refractivity contribution is -0.147. The van der Waals surface area contributed by atoms with Crippen molar-refractivity contribution in [2.75, 3.05) is 32.3 Å². The van der Waals surface area contributed by atoms with Gasteiger partial charge in [0.1, 0.15) is 24.2 Å². The minimum atomic E-state index is -1.17. The molecule has 3 N–H and O–H groups in total. The number of ether oxygens (including phenoxy) is 3. The Labute approximate surface area is 267 Å². The molecular formula is C32H53N3O8S. The Bertz CT molecular complexity index is 1060. The van der Waals surface area contributed by atoms with E-state index < -0.39 is 54.1 Å². The number of carbonyl (C=O) groups excluding carboxylic acids is 5. The first-order valence-corrected chi connectivity index (χ1v) is 15.9. The maximum Gasteiger partial charge on any atom is 0.417 e. The van der Waals surface area contributed by atoms with Crippen LogP contribution < -0.4 is 11.1 Å². The van der Waals surface area contributed by atoms with Crippen LogP contribution in [-0.4, -0.2) is 84.7 Å². The number of hydrogen-bond acceptors (Lipinski definition) is 10. The molecule has 44 heavy (non-hydrogen) atoms. The van der Waals surface area contributed by atoms with Gasteiger partial charge in [0.25, 0.3) is 5.91 Å². The number of nitrogens with two attached hydrogens (primary N) is 1. The van der Waals surface area contributed by atoms with E-state index in [1.807, 2.05) is 6.92 Å². The highest BCUT2D eigenvalue weighted by Crippen LogP contribution is 2.16. The van der Waals surface area contributed by atoms with E-state index in [9.17, 15) is 24.0 Å². The first kappa shape index (κ1) is 40.9. The third-order valence-electron chi connectivity index (χ3n) is 6.17. The molecule has 3 amide bonds. The third-order valence-corrected chi connectivity index (χ3v) is 7.14. The molecule has 0 aromatic heterocycles. The van der Waals surface area contributed by atoms with Crippen molar-refractivity contribution < 1.29 is 38.2 Å². The SMILES string of the molecule is COC(=O)CN(C(=O)OC(C)(C)C)C(=O)C(CSCC=C(C)CCC=C(C)CCC=C(C)C)NC(=O)CCC(N)C(=O)OC. The molecule has 0 fully saturated rings. The van der Waals surface area contributed by atoms with E-state index in [-0.39, 0.29) is 18.6 Å². The monoisotopic (exact) mass is 639 g/mol.